The molecule has 0 radical (unpaired) electrons. The van der Waals surface area contributed by atoms with E-state index in [0.29, 0.717) is 25.6 Å². The van der Waals surface area contributed by atoms with Gasteiger partial charge in [0, 0.05) is 26.2 Å². The van der Waals surface area contributed by atoms with Crippen LogP contribution in [0.4, 0.5) is 0 Å². The lowest BCUT2D eigenvalue weighted by Crippen LogP contribution is -2.43. The van der Waals surface area contributed by atoms with Crippen molar-refractivity contribution >= 4 is 17.8 Å². The van der Waals surface area contributed by atoms with Crippen molar-refractivity contribution in [3.8, 4) is 5.75 Å². The molecule has 2 N–H and O–H groups in total. The zero-order valence-corrected chi connectivity index (χ0v) is 19.0. The molecule has 4 rings (SSSR count). The summed E-state index contributed by atoms with van der Waals surface area (Å²) in [5.74, 6) is 1.86. The second-order valence-corrected chi connectivity index (χ2v) is 8.76. The Morgan fingerprint density at radius 1 is 1.12 bits per heavy atom. The third-order valence-corrected chi connectivity index (χ3v) is 6.58. The summed E-state index contributed by atoms with van der Waals surface area (Å²) in [6.45, 7) is 7.08. The van der Waals surface area contributed by atoms with Gasteiger partial charge in [-0.25, -0.2) is 0 Å². The Morgan fingerprint density at radius 3 is 2.56 bits per heavy atom. The minimum absolute atomic E-state index is 0.00534. The number of rotatable bonds is 10. The summed E-state index contributed by atoms with van der Waals surface area (Å²) in [5.41, 5.74) is 1.18. The summed E-state index contributed by atoms with van der Waals surface area (Å²) >= 11 is 0. The van der Waals surface area contributed by atoms with Crippen molar-refractivity contribution in [3.63, 3.8) is 0 Å². The van der Waals surface area contributed by atoms with Crippen LogP contribution in [0.1, 0.15) is 32.3 Å². The van der Waals surface area contributed by atoms with Gasteiger partial charge in [-0.1, -0.05) is 31.2 Å². The van der Waals surface area contributed by atoms with E-state index in [-0.39, 0.29) is 35.5 Å². The summed E-state index contributed by atoms with van der Waals surface area (Å²) in [4.78, 5) is 31.7. The lowest BCUT2D eigenvalue weighted by atomic mass is 9.85. The first kappa shape index (κ1) is 22.4. The van der Waals surface area contributed by atoms with Gasteiger partial charge in [0.15, 0.2) is 5.96 Å². The number of hydrogen-bond acceptors (Lipinski definition) is 4. The average molecular weight is 439 g/mol. The molecule has 2 amide bonds. The Morgan fingerprint density at radius 2 is 1.88 bits per heavy atom. The highest BCUT2D eigenvalue weighted by molar-refractivity contribution is 6.06. The van der Waals surface area contributed by atoms with Crippen LogP contribution >= 0.6 is 0 Å². The molecule has 7 heteroatoms. The highest BCUT2D eigenvalue weighted by Gasteiger charge is 2.58. The van der Waals surface area contributed by atoms with Crippen LogP contribution in [0.2, 0.25) is 0 Å². The molecular weight excluding hydrogens is 404 g/mol. The maximum Gasteiger partial charge on any atom is 0.233 e. The third-order valence-electron chi connectivity index (χ3n) is 6.58. The molecule has 1 aromatic carbocycles. The number of allylic oxidation sites excluding steroid dienone is 2. The van der Waals surface area contributed by atoms with E-state index in [9.17, 15) is 9.59 Å². The number of amides is 2. The van der Waals surface area contributed by atoms with Gasteiger partial charge in [-0.05, 0) is 55.7 Å². The molecule has 1 aromatic rings. The van der Waals surface area contributed by atoms with Crippen molar-refractivity contribution in [2.24, 2.45) is 28.7 Å². The first-order chi connectivity index (χ1) is 15.6. The van der Waals surface area contributed by atoms with E-state index in [0.717, 1.165) is 38.2 Å². The fourth-order valence-electron chi connectivity index (χ4n) is 5.12. The number of benzene rings is 1. The second-order valence-electron chi connectivity index (χ2n) is 8.76. The molecule has 1 aliphatic heterocycles. The van der Waals surface area contributed by atoms with Crippen LogP contribution in [-0.2, 0) is 16.0 Å². The Kier molecular flexibility index (Phi) is 7.12. The van der Waals surface area contributed by atoms with Crippen molar-refractivity contribution in [3.05, 3.63) is 42.0 Å². The van der Waals surface area contributed by atoms with Crippen LogP contribution in [0, 0.1) is 23.7 Å². The van der Waals surface area contributed by atoms with Crippen LogP contribution < -0.4 is 15.4 Å². The van der Waals surface area contributed by atoms with Gasteiger partial charge < -0.3 is 15.4 Å². The van der Waals surface area contributed by atoms with E-state index in [2.05, 4.69) is 46.8 Å². The third kappa shape index (κ3) is 4.66. The van der Waals surface area contributed by atoms with Gasteiger partial charge in [-0.15, -0.1) is 0 Å². The summed E-state index contributed by atoms with van der Waals surface area (Å²) in [7, 11) is 0. The Hall–Kier alpha value is -2.83. The van der Waals surface area contributed by atoms with Crippen molar-refractivity contribution in [1.29, 1.82) is 0 Å². The number of hydrogen-bond donors (Lipinski definition) is 2. The monoisotopic (exact) mass is 438 g/mol. The number of imide groups is 1. The number of carbonyl (C=O) groups excluding carboxylic acids is 2. The van der Waals surface area contributed by atoms with Crippen LogP contribution in [0.5, 0.6) is 5.75 Å². The van der Waals surface area contributed by atoms with Crippen LogP contribution in [-0.4, -0.2) is 55.5 Å². The molecule has 1 saturated carbocycles. The number of nitrogens with zero attached hydrogens (tertiary/aromatic N) is 2. The fraction of sp³-hybridized carbons (Fsp3) is 0.560. The van der Waals surface area contributed by atoms with E-state index < -0.39 is 0 Å². The van der Waals surface area contributed by atoms with Gasteiger partial charge in [-0.3, -0.25) is 19.5 Å². The number of aliphatic imine (C=N–C) groups is 1. The average Bonchev–Trinajstić information content (AvgIpc) is 3.48. The normalized spacial score (nSPS) is 26.1. The molecule has 3 aliphatic rings. The Labute approximate surface area is 190 Å². The molecule has 7 nitrogen and oxygen atoms in total. The largest absolute Gasteiger partial charge is 0.494 e. The molecule has 2 fully saturated rings. The molecular formula is C25H34N4O3. The molecule has 32 heavy (non-hydrogen) atoms. The Balaban J connectivity index is 1.26. The summed E-state index contributed by atoms with van der Waals surface area (Å²) < 4.78 is 5.70. The van der Waals surface area contributed by atoms with E-state index in [1.54, 1.807) is 0 Å². The van der Waals surface area contributed by atoms with E-state index in [1.807, 2.05) is 19.1 Å². The number of likely N-dealkylation sites (tertiary alicyclic amines) is 1. The van der Waals surface area contributed by atoms with E-state index >= 15 is 0 Å². The zero-order chi connectivity index (χ0) is 22.5. The molecule has 4 atom stereocenters. The number of nitrogens with one attached hydrogen (secondary N) is 2. The Bertz CT molecular complexity index is 867. The first-order valence-electron chi connectivity index (χ1n) is 11.9. The van der Waals surface area contributed by atoms with Crippen LogP contribution in [0.25, 0.3) is 0 Å². The molecule has 1 saturated heterocycles. The number of ether oxygens (including phenoxy) is 1. The molecule has 4 unspecified atom stereocenters. The fourth-order valence-corrected chi connectivity index (χ4v) is 5.12. The van der Waals surface area contributed by atoms with E-state index in [1.165, 1.54) is 10.5 Å². The zero-order valence-electron chi connectivity index (χ0n) is 19.0. The number of carbonyl (C=O) groups is 2. The number of fused-ring (bicyclic) bond motifs is 5. The maximum absolute atomic E-state index is 12.8. The van der Waals surface area contributed by atoms with Crippen molar-refractivity contribution in [1.82, 2.24) is 15.5 Å². The van der Waals surface area contributed by atoms with Gasteiger partial charge in [0.1, 0.15) is 5.75 Å². The van der Waals surface area contributed by atoms with Gasteiger partial charge in [-0.2, -0.15) is 0 Å². The minimum atomic E-state index is -0.128. The SMILES string of the molecule is CCCOc1cccc(CCN=C(NCC)NCCN2C(=O)C3C4C=CC(C4)C3C2=O)c1. The van der Waals surface area contributed by atoms with Crippen molar-refractivity contribution < 1.29 is 14.3 Å². The van der Waals surface area contributed by atoms with Gasteiger partial charge in [0.05, 0.1) is 18.4 Å². The standard InChI is InChI=1S/C25H34N4O3/c1-3-14-32-20-7-5-6-17(15-20)10-11-27-25(26-4-2)28-12-13-29-23(30)21-18-8-9-19(16-18)22(21)24(29)31/h5-9,15,18-19,21-22H,3-4,10-14,16H2,1-2H3,(H2,26,27,28). The van der Waals surface area contributed by atoms with Gasteiger partial charge in [0.25, 0.3) is 0 Å². The molecule has 1 heterocycles. The quantitative estimate of drug-likeness (QED) is 0.254. The van der Waals surface area contributed by atoms with Crippen LogP contribution in [0.3, 0.4) is 0 Å². The minimum Gasteiger partial charge on any atom is -0.494 e. The summed E-state index contributed by atoms with van der Waals surface area (Å²) in [6, 6.07) is 8.13. The van der Waals surface area contributed by atoms with Gasteiger partial charge in [0.2, 0.25) is 11.8 Å². The summed E-state index contributed by atoms with van der Waals surface area (Å²) in [6.07, 6.45) is 7.01. The smallest absolute Gasteiger partial charge is 0.233 e. The molecule has 2 aliphatic carbocycles. The predicted molar refractivity (Wildman–Crippen MR) is 124 cm³/mol. The predicted octanol–water partition coefficient (Wildman–Crippen LogP) is 2.38. The summed E-state index contributed by atoms with van der Waals surface area (Å²) in [5, 5.41) is 6.51. The number of guanidine groups is 1. The van der Waals surface area contributed by atoms with E-state index in [4.69, 9.17) is 4.74 Å². The van der Waals surface area contributed by atoms with Crippen molar-refractivity contribution in [2.75, 3.05) is 32.8 Å². The molecule has 2 bridgehead atoms. The van der Waals surface area contributed by atoms with Crippen LogP contribution in [0.15, 0.2) is 41.4 Å². The highest BCUT2D eigenvalue weighted by atomic mass is 16.5. The lowest BCUT2D eigenvalue weighted by molar-refractivity contribution is -0.140. The van der Waals surface area contributed by atoms with Gasteiger partial charge >= 0.3 is 0 Å². The molecule has 0 aromatic heterocycles. The lowest BCUT2D eigenvalue weighted by Gasteiger charge is -2.18. The first-order valence-corrected chi connectivity index (χ1v) is 11.9. The second kappa shape index (κ2) is 10.2. The molecule has 0 spiro atoms. The maximum atomic E-state index is 12.8. The topological polar surface area (TPSA) is 83.0 Å². The van der Waals surface area contributed by atoms with Crippen molar-refractivity contribution in [2.45, 2.75) is 33.1 Å². The highest BCUT2D eigenvalue weighted by Crippen LogP contribution is 2.52. The molecule has 172 valence electrons.